The molecule has 7 heteroatoms. The van der Waals surface area contributed by atoms with Crippen molar-refractivity contribution < 1.29 is 9.18 Å². The second-order valence-electron chi connectivity index (χ2n) is 10.8. The van der Waals surface area contributed by atoms with Crippen LogP contribution in [0.1, 0.15) is 53.8 Å². The molecular weight excluding hydrogens is 477 g/mol. The minimum absolute atomic E-state index is 0.00605. The minimum atomic E-state index is -0.224. The molecular formula is C31H34FN5O. The van der Waals surface area contributed by atoms with E-state index in [0.29, 0.717) is 11.5 Å². The Morgan fingerprint density at radius 3 is 2.68 bits per heavy atom. The van der Waals surface area contributed by atoms with Gasteiger partial charge in [0.2, 0.25) is 0 Å². The average Bonchev–Trinajstić information content (AvgIpc) is 3.28. The summed E-state index contributed by atoms with van der Waals surface area (Å²) in [6, 6.07) is 16.4. The molecule has 6 rings (SSSR count). The van der Waals surface area contributed by atoms with Crippen molar-refractivity contribution in [3.8, 4) is 11.4 Å². The molecule has 196 valence electrons. The predicted octanol–water partition coefficient (Wildman–Crippen LogP) is 5.51. The second-order valence-corrected chi connectivity index (χ2v) is 10.8. The van der Waals surface area contributed by atoms with Crippen LogP contribution in [-0.2, 0) is 20.0 Å². The molecule has 2 aromatic carbocycles. The molecule has 1 aliphatic carbocycles. The molecule has 4 aromatic rings. The monoisotopic (exact) mass is 511 g/mol. The Morgan fingerprint density at radius 2 is 1.87 bits per heavy atom. The van der Waals surface area contributed by atoms with Crippen molar-refractivity contribution in [2.75, 3.05) is 13.1 Å². The van der Waals surface area contributed by atoms with E-state index in [2.05, 4.69) is 26.8 Å². The van der Waals surface area contributed by atoms with Crippen LogP contribution in [0.25, 0.3) is 22.3 Å². The topological polar surface area (TPSA) is 63.1 Å². The number of nitrogens with one attached hydrogen (secondary N) is 1. The fraction of sp³-hybridized carbons (Fsp3) is 0.387. The van der Waals surface area contributed by atoms with Gasteiger partial charge >= 0.3 is 0 Å². The third kappa shape index (κ3) is 5.07. The smallest absolute Gasteiger partial charge is 0.252 e. The maximum absolute atomic E-state index is 13.4. The van der Waals surface area contributed by atoms with E-state index in [9.17, 15) is 9.18 Å². The lowest BCUT2D eigenvalue weighted by molar-refractivity contribution is 0.0921. The first kappa shape index (κ1) is 24.7. The van der Waals surface area contributed by atoms with Gasteiger partial charge in [0.15, 0.2) is 0 Å². The lowest BCUT2D eigenvalue weighted by atomic mass is 9.84. The van der Waals surface area contributed by atoms with Gasteiger partial charge in [-0.3, -0.25) is 14.7 Å². The van der Waals surface area contributed by atoms with Gasteiger partial charge in [0.1, 0.15) is 11.6 Å². The van der Waals surface area contributed by atoms with E-state index in [1.54, 1.807) is 18.3 Å². The number of benzene rings is 2. The van der Waals surface area contributed by atoms with E-state index in [0.717, 1.165) is 79.7 Å². The number of nitrogens with zero attached hydrogens (tertiary/aromatic N) is 4. The predicted molar refractivity (Wildman–Crippen MR) is 147 cm³/mol. The Bertz CT molecular complexity index is 1430. The van der Waals surface area contributed by atoms with E-state index in [1.165, 1.54) is 24.2 Å². The van der Waals surface area contributed by atoms with Gasteiger partial charge in [-0.05, 0) is 87.0 Å². The van der Waals surface area contributed by atoms with Crippen LogP contribution in [0.5, 0.6) is 0 Å². The zero-order valence-electron chi connectivity index (χ0n) is 21.9. The number of pyridine rings is 1. The molecule has 0 atom stereocenters. The van der Waals surface area contributed by atoms with Gasteiger partial charge in [0.05, 0.1) is 11.2 Å². The Morgan fingerprint density at radius 1 is 1.05 bits per heavy atom. The van der Waals surface area contributed by atoms with Crippen molar-refractivity contribution in [1.29, 1.82) is 0 Å². The van der Waals surface area contributed by atoms with Crippen LogP contribution in [0.3, 0.4) is 0 Å². The molecule has 0 bridgehead atoms. The summed E-state index contributed by atoms with van der Waals surface area (Å²) in [5.41, 5.74) is 4.95. The summed E-state index contributed by atoms with van der Waals surface area (Å²) in [7, 11) is 2.06. The summed E-state index contributed by atoms with van der Waals surface area (Å²) < 4.78 is 15.5. The van der Waals surface area contributed by atoms with Gasteiger partial charge in [0.25, 0.3) is 5.91 Å². The van der Waals surface area contributed by atoms with E-state index in [-0.39, 0.29) is 17.8 Å². The molecule has 1 N–H and O–H groups in total. The fourth-order valence-corrected chi connectivity index (χ4v) is 6.16. The van der Waals surface area contributed by atoms with Crippen molar-refractivity contribution in [1.82, 2.24) is 24.8 Å². The van der Waals surface area contributed by atoms with Crippen LogP contribution in [0.15, 0.2) is 60.8 Å². The normalized spacial score (nSPS) is 19.8. The largest absolute Gasteiger partial charge is 0.349 e. The third-order valence-corrected chi connectivity index (χ3v) is 8.36. The molecule has 6 nitrogen and oxygen atoms in total. The highest BCUT2D eigenvalue weighted by Crippen LogP contribution is 2.30. The molecule has 1 amide bonds. The van der Waals surface area contributed by atoms with Crippen LogP contribution in [0.4, 0.5) is 4.39 Å². The summed E-state index contributed by atoms with van der Waals surface area (Å²) in [6.45, 7) is 2.99. The van der Waals surface area contributed by atoms with Crippen LogP contribution in [0.2, 0.25) is 0 Å². The number of aromatic nitrogens is 3. The summed E-state index contributed by atoms with van der Waals surface area (Å²) in [4.78, 5) is 24.8. The van der Waals surface area contributed by atoms with Gasteiger partial charge in [-0.15, -0.1) is 0 Å². The number of imidazole rings is 1. The minimum Gasteiger partial charge on any atom is -0.349 e. The average molecular weight is 512 g/mol. The quantitative estimate of drug-likeness (QED) is 0.371. The molecule has 0 unspecified atom stereocenters. The van der Waals surface area contributed by atoms with Crippen molar-refractivity contribution in [3.05, 3.63) is 83.6 Å². The molecule has 0 saturated heterocycles. The van der Waals surface area contributed by atoms with Crippen LogP contribution < -0.4 is 5.32 Å². The van der Waals surface area contributed by atoms with Crippen molar-refractivity contribution in [2.24, 2.45) is 13.0 Å². The van der Waals surface area contributed by atoms with Crippen molar-refractivity contribution in [3.63, 3.8) is 0 Å². The SMILES string of the molecule is Cn1c(-c2ccc(F)cc2)nc2c1CCN(CCC1CCC(NC(=O)c3cccc4ncccc34)CC1)C2. The summed E-state index contributed by atoms with van der Waals surface area (Å²) >= 11 is 0. The number of amides is 1. The van der Waals surface area contributed by atoms with E-state index in [1.807, 2.05) is 30.3 Å². The molecule has 1 saturated carbocycles. The van der Waals surface area contributed by atoms with Gasteiger partial charge in [-0.1, -0.05) is 12.1 Å². The van der Waals surface area contributed by atoms with Crippen LogP contribution >= 0.6 is 0 Å². The maximum Gasteiger partial charge on any atom is 0.252 e. The molecule has 2 aliphatic rings. The summed E-state index contributed by atoms with van der Waals surface area (Å²) in [5, 5.41) is 4.19. The highest BCUT2D eigenvalue weighted by atomic mass is 19.1. The molecule has 2 aromatic heterocycles. The number of hydrogen-bond acceptors (Lipinski definition) is 4. The molecule has 3 heterocycles. The Hall–Kier alpha value is -3.58. The van der Waals surface area contributed by atoms with Crippen molar-refractivity contribution in [2.45, 2.75) is 51.1 Å². The zero-order chi connectivity index (χ0) is 26.1. The van der Waals surface area contributed by atoms with Gasteiger partial charge < -0.3 is 9.88 Å². The first-order valence-electron chi connectivity index (χ1n) is 13.7. The molecule has 38 heavy (non-hydrogen) atoms. The number of carbonyl (C=O) groups is 1. The summed E-state index contributed by atoms with van der Waals surface area (Å²) in [6.07, 6.45) is 8.30. The fourth-order valence-electron chi connectivity index (χ4n) is 6.16. The molecule has 1 aliphatic heterocycles. The lowest BCUT2D eigenvalue weighted by Gasteiger charge is -2.32. The third-order valence-electron chi connectivity index (χ3n) is 8.36. The zero-order valence-corrected chi connectivity index (χ0v) is 21.9. The summed E-state index contributed by atoms with van der Waals surface area (Å²) in [5.74, 6) is 1.39. The molecule has 0 radical (unpaired) electrons. The lowest BCUT2D eigenvalue weighted by Crippen LogP contribution is -2.38. The Labute approximate surface area is 222 Å². The first-order valence-corrected chi connectivity index (χ1v) is 13.7. The number of hydrogen-bond donors (Lipinski definition) is 1. The van der Waals surface area contributed by atoms with Crippen molar-refractivity contribution >= 4 is 16.8 Å². The van der Waals surface area contributed by atoms with Gasteiger partial charge in [-0.2, -0.15) is 0 Å². The maximum atomic E-state index is 13.4. The van der Waals surface area contributed by atoms with E-state index < -0.39 is 0 Å². The first-order chi connectivity index (χ1) is 18.5. The van der Waals surface area contributed by atoms with Gasteiger partial charge in [-0.25, -0.2) is 9.37 Å². The van der Waals surface area contributed by atoms with E-state index in [4.69, 9.17) is 4.98 Å². The number of rotatable bonds is 6. The van der Waals surface area contributed by atoms with Crippen LogP contribution in [0, 0.1) is 11.7 Å². The highest BCUT2D eigenvalue weighted by Gasteiger charge is 2.26. The van der Waals surface area contributed by atoms with Crippen LogP contribution in [-0.4, -0.2) is 44.5 Å². The second kappa shape index (κ2) is 10.7. The highest BCUT2D eigenvalue weighted by molar-refractivity contribution is 6.06. The number of fused-ring (bicyclic) bond motifs is 2. The Balaban J connectivity index is 0.996. The molecule has 0 spiro atoms. The number of carbonyl (C=O) groups excluding carboxylic acids is 1. The standard InChI is InChI=1S/C31H34FN5O/c1-36-29-16-19-37(20-28(29)35-30(36)22-9-11-23(32)12-10-22)18-15-21-7-13-24(14-8-21)34-31(38)26-4-2-6-27-25(26)5-3-17-33-27/h2-6,9-12,17,21,24H,7-8,13-16,18-20H2,1H3,(H,34,38). The molecule has 1 fully saturated rings. The van der Waals surface area contributed by atoms with E-state index >= 15 is 0 Å². The Kier molecular flexibility index (Phi) is 6.94. The van der Waals surface area contributed by atoms with Gasteiger partial charge in [0, 0.05) is 61.0 Å². The number of halogens is 1.